The molecule has 1 rings (SSSR count). The van der Waals surface area contributed by atoms with Crippen LogP contribution in [0.5, 0.6) is 0 Å². The molecule has 20 heavy (non-hydrogen) atoms. The van der Waals surface area contributed by atoms with Gasteiger partial charge in [0.25, 0.3) is 12.3 Å². The molecule has 0 aliphatic heterocycles. The summed E-state index contributed by atoms with van der Waals surface area (Å²) in [7, 11) is -2.88. The van der Waals surface area contributed by atoms with Crippen molar-refractivity contribution in [1.29, 1.82) is 0 Å². The van der Waals surface area contributed by atoms with Crippen molar-refractivity contribution in [2.75, 3.05) is 13.6 Å². The lowest BCUT2D eigenvalue weighted by atomic mass is 10.1. The molecule has 0 saturated heterocycles. The SMILES string of the molecule is Cc1c(Cl)cc(C(=O)N(C)CC(F)F)cc1S(N)(=O)=O. The van der Waals surface area contributed by atoms with Gasteiger partial charge in [-0.05, 0) is 24.6 Å². The predicted molar refractivity (Wildman–Crippen MR) is 70.5 cm³/mol. The fourth-order valence-electron chi connectivity index (χ4n) is 1.58. The van der Waals surface area contributed by atoms with Gasteiger partial charge in [-0.3, -0.25) is 4.79 Å². The van der Waals surface area contributed by atoms with Crippen LogP contribution in [0.25, 0.3) is 0 Å². The smallest absolute Gasteiger partial charge is 0.255 e. The molecule has 1 amide bonds. The molecule has 0 fully saturated rings. The average molecular weight is 327 g/mol. The molecule has 1 aromatic carbocycles. The number of sulfonamides is 1. The van der Waals surface area contributed by atoms with Crippen molar-refractivity contribution in [1.82, 2.24) is 4.90 Å². The lowest BCUT2D eigenvalue weighted by Crippen LogP contribution is -2.31. The molecule has 2 N–H and O–H groups in total. The maximum absolute atomic E-state index is 12.2. The van der Waals surface area contributed by atoms with Crippen molar-refractivity contribution in [3.8, 4) is 0 Å². The molecule has 5 nitrogen and oxygen atoms in total. The van der Waals surface area contributed by atoms with E-state index in [0.717, 1.165) is 11.0 Å². The van der Waals surface area contributed by atoms with Crippen LogP contribution >= 0.6 is 11.6 Å². The Morgan fingerprint density at radius 1 is 1.45 bits per heavy atom. The summed E-state index contributed by atoms with van der Waals surface area (Å²) in [5, 5.41) is 5.04. The Kier molecular flexibility index (Phi) is 5.06. The van der Waals surface area contributed by atoms with Crippen LogP contribution in [0.2, 0.25) is 5.02 Å². The molecule has 9 heteroatoms. The van der Waals surface area contributed by atoms with Gasteiger partial charge in [0, 0.05) is 17.6 Å². The molecule has 0 radical (unpaired) electrons. The van der Waals surface area contributed by atoms with Gasteiger partial charge in [0.15, 0.2) is 0 Å². The number of alkyl halides is 2. The van der Waals surface area contributed by atoms with Crippen LogP contribution in [0.4, 0.5) is 8.78 Å². The Labute approximate surface area is 120 Å². The quantitative estimate of drug-likeness (QED) is 0.913. The lowest BCUT2D eigenvalue weighted by molar-refractivity contribution is 0.0620. The van der Waals surface area contributed by atoms with E-state index in [2.05, 4.69) is 0 Å². The number of rotatable bonds is 4. The number of amides is 1. The number of hydrogen-bond donors (Lipinski definition) is 1. The molecular weight excluding hydrogens is 314 g/mol. The third kappa shape index (κ3) is 3.87. The van der Waals surface area contributed by atoms with Gasteiger partial charge < -0.3 is 4.90 Å². The Bertz CT molecular complexity index is 635. The first-order chi connectivity index (χ1) is 9.04. The minimum absolute atomic E-state index is 0.0188. The molecule has 0 aliphatic carbocycles. The number of halogens is 3. The number of nitrogens with zero attached hydrogens (tertiary/aromatic N) is 1. The molecular formula is C11H13ClF2N2O3S. The van der Waals surface area contributed by atoms with Crippen LogP contribution in [-0.4, -0.2) is 39.2 Å². The molecule has 0 atom stereocenters. The minimum Gasteiger partial charge on any atom is -0.336 e. The standard InChI is InChI=1S/C11H13ClF2N2O3S/c1-6-8(12)3-7(4-9(6)20(15,18)19)11(17)16(2)5-10(13)14/h3-4,10H,5H2,1-2H3,(H2,15,18,19). The van der Waals surface area contributed by atoms with Crippen molar-refractivity contribution >= 4 is 27.5 Å². The second-order valence-corrected chi connectivity index (χ2v) is 6.14. The normalized spacial score (nSPS) is 11.8. The summed E-state index contributed by atoms with van der Waals surface area (Å²) >= 11 is 5.84. The van der Waals surface area contributed by atoms with Gasteiger partial charge in [-0.15, -0.1) is 0 Å². The Balaban J connectivity index is 3.28. The highest BCUT2D eigenvalue weighted by molar-refractivity contribution is 7.89. The largest absolute Gasteiger partial charge is 0.336 e. The topological polar surface area (TPSA) is 80.5 Å². The first-order valence-corrected chi connectivity index (χ1v) is 7.33. The summed E-state index contributed by atoms with van der Waals surface area (Å²) in [4.78, 5) is 12.4. The number of primary sulfonamides is 1. The van der Waals surface area contributed by atoms with E-state index in [1.807, 2.05) is 0 Å². The highest BCUT2D eigenvalue weighted by Crippen LogP contribution is 2.25. The Morgan fingerprint density at radius 2 is 2.00 bits per heavy atom. The van der Waals surface area contributed by atoms with E-state index < -0.39 is 28.9 Å². The minimum atomic E-state index is -4.06. The Morgan fingerprint density at radius 3 is 2.45 bits per heavy atom. The third-order valence-electron chi connectivity index (χ3n) is 2.61. The van der Waals surface area contributed by atoms with Crippen LogP contribution in [0.1, 0.15) is 15.9 Å². The van der Waals surface area contributed by atoms with Gasteiger partial charge in [0.1, 0.15) is 0 Å². The zero-order chi connectivity index (χ0) is 15.7. The van der Waals surface area contributed by atoms with Crippen LogP contribution in [0.15, 0.2) is 17.0 Å². The van der Waals surface area contributed by atoms with E-state index in [-0.39, 0.29) is 21.0 Å². The van der Waals surface area contributed by atoms with Crippen LogP contribution < -0.4 is 5.14 Å². The molecule has 0 aliphatic rings. The fraction of sp³-hybridized carbons (Fsp3) is 0.364. The second-order valence-electron chi connectivity index (χ2n) is 4.20. The Hall–Kier alpha value is -1.25. The first kappa shape index (κ1) is 16.8. The molecule has 112 valence electrons. The van der Waals surface area contributed by atoms with Crippen molar-refractivity contribution < 1.29 is 22.0 Å². The molecule has 1 aromatic rings. The molecule has 0 aromatic heterocycles. The van der Waals surface area contributed by atoms with Gasteiger partial charge in [-0.25, -0.2) is 22.3 Å². The highest BCUT2D eigenvalue weighted by Gasteiger charge is 2.21. The molecule has 0 heterocycles. The van der Waals surface area contributed by atoms with Crippen molar-refractivity contribution in [2.24, 2.45) is 5.14 Å². The van der Waals surface area contributed by atoms with E-state index >= 15 is 0 Å². The number of carbonyl (C=O) groups is 1. The van der Waals surface area contributed by atoms with Gasteiger partial charge in [-0.1, -0.05) is 11.6 Å². The predicted octanol–water partition coefficient (Wildman–Crippen LogP) is 1.63. The fourth-order valence-corrected chi connectivity index (χ4v) is 2.69. The van der Waals surface area contributed by atoms with Gasteiger partial charge >= 0.3 is 0 Å². The molecule has 0 saturated carbocycles. The number of hydrogen-bond acceptors (Lipinski definition) is 3. The lowest BCUT2D eigenvalue weighted by Gasteiger charge is -2.17. The molecule has 0 bridgehead atoms. The summed E-state index contributed by atoms with van der Waals surface area (Å²) in [6.07, 6.45) is -2.69. The van der Waals surface area contributed by atoms with E-state index in [1.165, 1.54) is 20.0 Å². The average Bonchev–Trinajstić information content (AvgIpc) is 2.29. The maximum Gasteiger partial charge on any atom is 0.255 e. The number of carbonyl (C=O) groups excluding carboxylic acids is 1. The van der Waals surface area contributed by atoms with Crippen molar-refractivity contribution in [3.63, 3.8) is 0 Å². The number of benzene rings is 1. The van der Waals surface area contributed by atoms with E-state index in [4.69, 9.17) is 16.7 Å². The first-order valence-electron chi connectivity index (χ1n) is 5.40. The van der Waals surface area contributed by atoms with E-state index in [1.54, 1.807) is 0 Å². The highest BCUT2D eigenvalue weighted by atomic mass is 35.5. The van der Waals surface area contributed by atoms with E-state index in [9.17, 15) is 22.0 Å². The van der Waals surface area contributed by atoms with Crippen molar-refractivity contribution in [2.45, 2.75) is 18.2 Å². The molecule has 0 unspecified atom stereocenters. The monoisotopic (exact) mass is 326 g/mol. The summed E-state index contributed by atoms with van der Waals surface area (Å²) < 4.78 is 47.3. The third-order valence-corrected chi connectivity index (χ3v) is 4.04. The number of nitrogens with two attached hydrogens (primary N) is 1. The van der Waals surface area contributed by atoms with Gasteiger partial charge in [-0.2, -0.15) is 0 Å². The summed E-state index contributed by atoms with van der Waals surface area (Å²) in [6.45, 7) is 0.661. The zero-order valence-corrected chi connectivity index (χ0v) is 12.3. The maximum atomic E-state index is 12.2. The van der Waals surface area contributed by atoms with Crippen molar-refractivity contribution in [3.05, 3.63) is 28.3 Å². The van der Waals surface area contributed by atoms with Crippen LogP contribution in [-0.2, 0) is 10.0 Å². The van der Waals surface area contributed by atoms with Crippen LogP contribution in [0, 0.1) is 6.92 Å². The zero-order valence-electron chi connectivity index (χ0n) is 10.7. The van der Waals surface area contributed by atoms with Gasteiger partial charge in [0.2, 0.25) is 10.0 Å². The van der Waals surface area contributed by atoms with E-state index in [0.29, 0.717) is 0 Å². The summed E-state index contributed by atoms with van der Waals surface area (Å²) in [5.41, 5.74) is 0.0787. The molecule has 0 spiro atoms. The van der Waals surface area contributed by atoms with Crippen LogP contribution in [0.3, 0.4) is 0 Å². The van der Waals surface area contributed by atoms with Gasteiger partial charge in [0.05, 0.1) is 11.4 Å². The second kappa shape index (κ2) is 6.02. The summed E-state index contributed by atoms with van der Waals surface area (Å²) in [5.74, 6) is -0.767. The summed E-state index contributed by atoms with van der Waals surface area (Å²) in [6, 6.07) is 2.25.